The Labute approximate surface area is 344 Å². The second-order valence-corrected chi connectivity index (χ2v) is 14.4. The molecular weight excluding hydrogens is 849 g/mol. The molecule has 4 heterocycles. The van der Waals surface area contributed by atoms with Crippen LogP contribution in [0, 0.1) is 0 Å². The lowest BCUT2D eigenvalue weighted by molar-refractivity contribution is -0.141. The van der Waals surface area contributed by atoms with Crippen molar-refractivity contribution < 1.29 is 65.2 Å². The summed E-state index contributed by atoms with van der Waals surface area (Å²) >= 11 is 12.4. The van der Waals surface area contributed by atoms with E-state index in [1.165, 1.54) is 34.1 Å². The number of hydrogen-bond acceptors (Lipinski definition) is 8. The number of esters is 2. The SMILES string of the molecule is COC(=O)c1c(C(F)(F)F)[nH]c2c(O)cc3c(c12)[C@H](CCl)CN3C(=O)/C=C/c1ccc(/C=C/C(=O)N2C[C@@H](CCl)c3c2cc(O)c2[nH]c(C(F)(F)F)c(C(=O)OC)c32)cc1. The van der Waals surface area contributed by atoms with E-state index in [1.54, 1.807) is 24.3 Å². The summed E-state index contributed by atoms with van der Waals surface area (Å²) < 4.78 is 93.2. The Morgan fingerprint density at radius 3 is 1.35 bits per heavy atom. The highest BCUT2D eigenvalue weighted by molar-refractivity contribution is 6.21. The molecule has 0 aliphatic carbocycles. The number of carbonyl (C=O) groups excluding carboxylic acids is 4. The number of H-pyrrole nitrogens is 2. The van der Waals surface area contributed by atoms with Gasteiger partial charge in [-0.25, -0.2) is 9.59 Å². The number of hydrogen-bond donors (Lipinski definition) is 4. The van der Waals surface area contributed by atoms with Crippen LogP contribution in [-0.4, -0.2) is 83.0 Å². The van der Waals surface area contributed by atoms with Crippen molar-refractivity contribution in [2.24, 2.45) is 0 Å². The number of methoxy groups -OCH3 is 2. The van der Waals surface area contributed by atoms with Gasteiger partial charge in [0.25, 0.3) is 11.8 Å². The molecule has 0 unspecified atom stereocenters. The number of alkyl halides is 8. The molecule has 2 amide bonds. The van der Waals surface area contributed by atoms with Gasteiger partial charge in [0, 0.05) is 71.7 Å². The van der Waals surface area contributed by atoms with Gasteiger partial charge in [0.15, 0.2) is 0 Å². The van der Waals surface area contributed by atoms with Gasteiger partial charge in [-0.15, -0.1) is 23.2 Å². The van der Waals surface area contributed by atoms with Crippen molar-refractivity contribution in [1.82, 2.24) is 9.97 Å². The van der Waals surface area contributed by atoms with Crippen molar-refractivity contribution in [2.75, 3.05) is 48.9 Å². The molecule has 5 aromatic rings. The summed E-state index contributed by atoms with van der Waals surface area (Å²) in [5, 5.41) is 21.0. The highest BCUT2D eigenvalue weighted by Crippen LogP contribution is 2.51. The second-order valence-electron chi connectivity index (χ2n) is 13.8. The Morgan fingerprint density at radius 1 is 0.700 bits per heavy atom. The molecule has 2 atom stereocenters. The molecule has 4 N–H and O–H groups in total. The molecule has 3 aromatic carbocycles. The number of aromatic amines is 2. The van der Waals surface area contributed by atoms with Crippen molar-refractivity contribution in [3.63, 3.8) is 0 Å². The Hall–Kier alpha value is -6.14. The van der Waals surface area contributed by atoms with Gasteiger partial charge in [-0.2, -0.15) is 26.3 Å². The van der Waals surface area contributed by atoms with Crippen LogP contribution in [0.2, 0.25) is 0 Å². The topological polar surface area (TPSA) is 165 Å². The van der Waals surface area contributed by atoms with Gasteiger partial charge < -0.3 is 39.5 Å². The highest BCUT2D eigenvalue weighted by atomic mass is 35.5. The number of aromatic hydroxyl groups is 2. The lowest BCUT2D eigenvalue weighted by Crippen LogP contribution is -2.28. The van der Waals surface area contributed by atoms with Gasteiger partial charge >= 0.3 is 24.3 Å². The number of phenols is 2. The first kappa shape index (κ1) is 42.0. The second kappa shape index (κ2) is 15.5. The molecule has 0 fully saturated rings. The summed E-state index contributed by atoms with van der Waals surface area (Å²) in [6, 6.07) is 8.72. The van der Waals surface area contributed by atoms with Crippen molar-refractivity contribution in [3.8, 4) is 11.5 Å². The third-order valence-electron chi connectivity index (χ3n) is 10.4. The Morgan fingerprint density at radius 2 is 1.05 bits per heavy atom. The van der Waals surface area contributed by atoms with Crippen LogP contribution in [-0.2, 0) is 31.4 Å². The number of halogens is 8. The molecule has 2 aliphatic rings. The monoisotopic (exact) mass is 878 g/mol. The first-order chi connectivity index (χ1) is 28.3. The van der Waals surface area contributed by atoms with Crippen LogP contribution in [0.3, 0.4) is 0 Å². The minimum atomic E-state index is -5.01. The number of phenolic OH excluding ortho intramolecular Hbond substituents is 2. The molecule has 0 spiro atoms. The molecule has 60 heavy (non-hydrogen) atoms. The number of nitrogens with zero attached hydrogens (tertiary/aromatic N) is 2. The molecule has 12 nitrogen and oxygen atoms in total. The fourth-order valence-corrected chi connectivity index (χ4v) is 8.27. The number of carbonyl (C=O) groups is 4. The molecule has 20 heteroatoms. The van der Waals surface area contributed by atoms with Crippen LogP contribution in [0.1, 0.15) is 66.2 Å². The fourth-order valence-electron chi connectivity index (χ4n) is 7.77. The zero-order valence-corrected chi connectivity index (χ0v) is 32.5. The lowest BCUT2D eigenvalue weighted by Gasteiger charge is -2.16. The van der Waals surface area contributed by atoms with Gasteiger partial charge in [0.2, 0.25) is 0 Å². The third-order valence-corrected chi connectivity index (χ3v) is 11.1. The summed E-state index contributed by atoms with van der Waals surface area (Å²) in [6.45, 7) is -0.148. The average Bonchev–Trinajstić information content (AvgIpc) is 3.99. The fraction of sp³-hybridized carbons (Fsp3) is 0.250. The van der Waals surface area contributed by atoms with E-state index in [1.807, 2.05) is 0 Å². The molecule has 0 saturated heterocycles. The largest absolute Gasteiger partial charge is 0.506 e. The Kier molecular flexibility index (Phi) is 10.8. The average molecular weight is 880 g/mol. The summed E-state index contributed by atoms with van der Waals surface area (Å²) in [5.41, 5.74) is -3.78. The van der Waals surface area contributed by atoms with Crippen LogP contribution in [0.5, 0.6) is 11.5 Å². The van der Waals surface area contributed by atoms with E-state index >= 15 is 0 Å². The maximum Gasteiger partial charge on any atom is 0.432 e. The highest BCUT2D eigenvalue weighted by Gasteiger charge is 2.45. The van der Waals surface area contributed by atoms with Crippen LogP contribution >= 0.6 is 23.2 Å². The number of rotatable bonds is 8. The van der Waals surface area contributed by atoms with E-state index in [0.29, 0.717) is 11.1 Å². The minimum Gasteiger partial charge on any atom is -0.506 e. The summed E-state index contributed by atoms with van der Waals surface area (Å²) in [5.74, 6) is -6.81. The quantitative estimate of drug-likeness (QED) is 0.0522. The van der Waals surface area contributed by atoms with Gasteiger partial charge in [-0.1, -0.05) is 24.3 Å². The van der Waals surface area contributed by atoms with Crippen molar-refractivity contribution in [1.29, 1.82) is 0 Å². The van der Waals surface area contributed by atoms with Crippen molar-refractivity contribution in [2.45, 2.75) is 24.2 Å². The predicted octanol–water partition coefficient (Wildman–Crippen LogP) is 8.44. The first-order valence-electron chi connectivity index (χ1n) is 17.7. The molecule has 314 valence electrons. The standard InChI is InChI=1S/C40H30Cl2F6N4O8/c1-59-37(57)31-29-27-19(13-41)15-51(21(27)11-23(53)33(29)49-35(31)39(43,44)45)25(55)9-7-17-3-5-18(6-4-17)8-10-26(56)52-16-20(14-42)28-22(52)12-24(54)34-30(28)32(38(58)60-2)36(50-34)40(46,47)48/h3-12,19-20,49-50,53-54H,13-16H2,1-2H3/b9-7+,10-8+/t19-,20-/m1/s1. The molecular formula is C40H30Cl2F6N4O8. The molecule has 7 rings (SSSR count). The van der Waals surface area contributed by atoms with Crippen LogP contribution in [0.15, 0.2) is 48.6 Å². The van der Waals surface area contributed by atoms with E-state index in [-0.39, 0.29) is 69.2 Å². The smallest absolute Gasteiger partial charge is 0.432 e. The minimum absolute atomic E-state index is 0.0593. The van der Waals surface area contributed by atoms with Crippen LogP contribution in [0.4, 0.5) is 37.7 Å². The molecule has 2 aliphatic heterocycles. The van der Waals surface area contributed by atoms with Gasteiger partial charge in [-0.05, 0) is 34.4 Å². The number of aromatic nitrogens is 2. The molecule has 2 aromatic heterocycles. The van der Waals surface area contributed by atoms with Gasteiger partial charge in [-0.3, -0.25) is 9.59 Å². The van der Waals surface area contributed by atoms with Crippen LogP contribution in [0.25, 0.3) is 34.0 Å². The predicted molar refractivity (Wildman–Crippen MR) is 209 cm³/mol. The van der Waals surface area contributed by atoms with E-state index in [9.17, 15) is 55.7 Å². The maximum atomic E-state index is 14.0. The summed E-state index contributed by atoms with van der Waals surface area (Å²) in [7, 11) is 1.83. The number of benzene rings is 3. The van der Waals surface area contributed by atoms with E-state index in [2.05, 4.69) is 19.4 Å². The molecule has 0 radical (unpaired) electrons. The van der Waals surface area contributed by atoms with Crippen LogP contribution < -0.4 is 9.80 Å². The van der Waals surface area contributed by atoms with Crippen molar-refractivity contribution >= 4 is 92.3 Å². The lowest BCUT2D eigenvalue weighted by atomic mass is 9.95. The zero-order valence-electron chi connectivity index (χ0n) is 31.0. The van der Waals surface area contributed by atoms with E-state index < -0.39 is 82.0 Å². The van der Waals surface area contributed by atoms with Crippen molar-refractivity contribution in [3.05, 3.63) is 93.3 Å². The maximum absolute atomic E-state index is 14.0. The number of fused-ring (bicyclic) bond motifs is 6. The molecule has 0 bridgehead atoms. The van der Waals surface area contributed by atoms with E-state index in [4.69, 9.17) is 23.2 Å². The Bertz CT molecular complexity index is 2490. The number of anilines is 2. The third kappa shape index (κ3) is 7.06. The first-order valence-corrected chi connectivity index (χ1v) is 18.8. The zero-order chi connectivity index (χ0) is 43.6. The number of nitrogens with one attached hydrogen (secondary N) is 2. The normalized spacial score (nSPS) is 16.7. The Balaban J connectivity index is 1.12. The van der Waals surface area contributed by atoms with Gasteiger partial charge in [0.1, 0.15) is 22.9 Å². The van der Waals surface area contributed by atoms with E-state index in [0.717, 1.165) is 26.4 Å². The number of amides is 2. The molecule has 0 saturated carbocycles. The summed E-state index contributed by atoms with van der Waals surface area (Å²) in [6.07, 6.45) is -4.71. The van der Waals surface area contributed by atoms with Gasteiger partial charge in [0.05, 0.1) is 47.8 Å². The number of ether oxygens (including phenoxy) is 2. The summed E-state index contributed by atoms with van der Waals surface area (Å²) in [4.78, 5) is 59.0.